The minimum absolute atomic E-state index is 0.356. The van der Waals surface area contributed by atoms with E-state index in [1.165, 1.54) is 24.0 Å². The molecule has 3 aromatic rings. The highest BCUT2D eigenvalue weighted by atomic mass is 32.1. The molecule has 4 rings (SSSR count). The first-order valence-corrected chi connectivity index (χ1v) is 7.63. The lowest BCUT2D eigenvalue weighted by Crippen LogP contribution is -2.03. The summed E-state index contributed by atoms with van der Waals surface area (Å²) < 4.78 is 6.62. The van der Waals surface area contributed by atoms with E-state index in [2.05, 4.69) is 16.3 Å². The first kappa shape index (κ1) is 12.5. The molecule has 0 unspecified atom stereocenters. The van der Waals surface area contributed by atoms with Crippen LogP contribution in [0.15, 0.2) is 24.4 Å². The predicted molar refractivity (Wildman–Crippen MR) is 79.7 cm³/mol. The zero-order valence-corrected chi connectivity index (χ0v) is 12.3. The van der Waals surface area contributed by atoms with Gasteiger partial charge < -0.3 is 4.74 Å². The largest absolute Gasteiger partial charge is 0.465 e. The molecule has 0 spiro atoms. The van der Waals surface area contributed by atoms with Crippen molar-refractivity contribution in [1.29, 1.82) is 0 Å². The van der Waals surface area contributed by atoms with Gasteiger partial charge in [-0.25, -0.2) is 4.79 Å². The molecule has 0 saturated carbocycles. The minimum atomic E-state index is -0.356. The van der Waals surface area contributed by atoms with Crippen molar-refractivity contribution in [2.45, 2.75) is 19.3 Å². The summed E-state index contributed by atoms with van der Waals surface area (Å²) in [5.41, 5.74) is 2.65. The fourth-order valence-electron chi connectivity index (χ4n) is 2.74. The fraction of sp³-hybridized carbons (Fsp3) is 0.267. The maximum atomic E-state index is 11.7. The summed E-state index contributed by atoms with van der Waals surface area (Å²) in [6, 6.07) is 5.69. The van der Waals surface area contributed by atoms with Gasteiger partial charge in [-0.2, -0.15) is 0 Å². The molecule has 0 aliphatic heterocycles. The van der Waals surface area contributed by atoms with E-state index < -0.39 is 0 Å². The molecule has 0 N–H and O–H groups in total. The Kier molecular flexibility index (Phi) is 2.78. The molecule has 0 amide bonds. The number of pyridine rings is 1. The number of thiophene rings is 1. The van der Waals surface area contributed by atoms with Crippen LogP contribution < -0.4 is 0 Å². The lowest BCUT2D eigenvalue weighted by atomic mass is 10.2. The molecule has 0 bridgehead atoms. The quantitative estimate of drug-likeness (QED) is 0.683. The monoisotopic (exact) mass is 299 g/mol. The second-order valence-corrected chi connectivity index (χ2v) is 6.21. The molecule has 106 valence electrons. The van der Waals surface area contributed by atoms with Crippen LogP contribution in [0.2, 0.25) is 0 Å². The first-order valence-electron chi connectivity index (χ1n) is 6.81. The molecule has 0 radical (unpaired) electrons. The Bertz CT molecular complexity index is 828. The third-order valence-electron chi connectivity index (χ3n) is 3.79. The third kappa shape index (κ3) is 1.94. The summed E-state index contributed by atoms with van der Waals surface area (Å²) in [6.07, 6.45) is 5.29. The summed E-state index contributed by atoms with van der Waals surface area (Å²) in [7, 11) is 1.38. The number of methoxy groups -OCH3 is 1. The maximum Gasteiger partial charge on any atom is 0.339 e. The molecule has 3 heterocycles. The number of carbonyl (C=O) groups excluding carboxylic acids is 1. The molecular weight excluding hydrogens is 286 g/mol. The zero-order valence-electron chi connectivity index (χ0n) is 11.5. The number of carbonyl (C=O) groups is 1. The Labute approximate surface area is 125 Å². The van der Waals surface area contributed by atoms with Crippen molar-refractivity contribution in [3.8, 4) is 10.7 Å². The Morgan fingerprint density at radius 1 is 1.33 bits per heavy atom. The lowest BCUT2D eigenvalue weighted by Gasteiger charge is -2.01. The van der Waals surface area contributed by atoms with Gasteiger partial charge in [-0.05, 0) is 43.0 Å². The van der Waals surface area contributed by atoms with E-state index in [4.69, 9.17) is 4.74 Å². The average molecular weight is 299 g/mol. The topological polar surface area (TPSA) is 56.5 Å². The van der Waals surface area contributed by atoms with E-state index in [9.17, 15) is 4.79 Å². The number of hydrogen-bond acceptors (Lipinski definition) is 5. The van der Waals surface area contributed by atoms with Crippen molar-refractivity contribution in [1.82, 2.24) is 14.6 Å². The molecule has 5 nitrogen and oxygen atoms in total. The van der Waals surface area contributed by atoms with Crippen LogP contribution in [0, 0.1) is 0 Å². The molecule has 6 heteroatoms. The number of hydrogen-bond donors (Lipinski definition) is 0. The summed E-state index contributed by atoms with van der Waals surface area (Å²) in [6.45, 7) is 0. The highest BCUT2D eigenvalue weighted by molar-refractivity contribution is 7.15. The number of rotatable bonds is 2. The molecule has 1 aliphatic rings. The Morgan fingerprint density at radius 3 is 3.05 bits per heavy atom. The fourth-order valence-corrected chi connectivity index (χ4v) is 3.97. The summed E-state index contributed by atoms with van der Waals surface area (Å²) in [4.78, 5) is 14.2. The highest BCUT2D eigenvalue weighted by Crippen LogP contribution is 2.35. The second-order valence-electron chi connectivity index (χ2n) is 5.07. The van der Waals surface area contributed by atoms with Gasteiger partial charge in [-0.1, -0.05) is 0 Å². The van der Waals surface area contributed by atoms with Crippen LogP contribution >= 0.6 is 11.3 Å². The van der Waals surface area contributed by atoms with Gasteiger partial charge in [0.1, 0.15) is 0 Å². The molecule has 1 aliphatic carbocycles. The number of ether oxygens (including phenoxy) is 1. The van der Waals surface area contributed by atoms with E-state index in [1.807, 2.05) is 4.40 Å². The van der Waals surface area contributed by atoms with E-state index in [0.717, 1.165) is 29.2 Å². The Hall–Kier alpha value is -2.21. The smallest absolute Gasteiger partial charge is 0.339 e. The average Bonchev–Trinajstić information content (AvgIpc) is 3.18. The van der Waals surface area contributed by atoms with E-state index >= 15 is 0 Å². The minimum Gasteiger partial charge on any atom is -0.465 e. The summed E-state index contributed by atoms with van der Waals surface area (Å²) in [5, 5.41) is 8.45. The number of esters is 1. The molecule has 21 heavy (non-hydrogen) atoms. The highest BCUT2D eigenvalue weighted by Gasteiger charge is 2.19. The van der Waals surface area contributed by atoms with Crippen molar-refractivity contribution < 1.29 is 9.53 Å². The van der Waals surface area contributed by atoms with Crippen LogP contribution in [0.3, 0.4) is 0 Å². The summed E-state index contributed by atoms with van der Waals surface area (Å²) >= 11 is 1.78. The van der Waals surface area contributed by atoms with Gasteiger partial charge in [0.05, 0.1) is 17.6 Å². The van der Waals surface area contributed by atoms with Crippen LogP contribution in [0.4, 0.5) is 0 Å². The Balaban J connectivity index is 1.85. The lowest BCUT2D eigenvalue weighted by molar-refractivity contribution is 0.0600. The van der Waals surface area contributed by atoms with Gasteiger partial charge >= 0.3 is 5.97 Å². The van der Waals surface area contributed by atoms with Gasteiger partial charge in [0.15, 0.2) is 11.5 Å². The van der Waals surface area contributed by atoms with Crippen molar-refractivity contribution >= 4 is 23.0 Å². The van der Waals surface area contributed by atoms with Crippen molar-refractivity contribution in [3.05, 3.63) is 40.4 Å². The van der Waals surface area contributed by atoms with E-state index in [1.54, 1.807) is 29.7 Å². The van der Waals surface area contributed by atoms with Gasteiger partial charge in [0, 0.05) is 11.1 Å². The molecular formula is C15H13N3O2S. The van der Waals surface area contributed by atoms with Crippen molar-refractivity contribution in [3.63, 3.8) is 0 Å². The van der Waals surface area contributed by atoms with Gasteiger partial charge in [0.25, 0.3) is 0 Å². The van der Waals surface area contributed by atoms with Crippen LogP contribution in [-0.4, -0.2) is 27.7 Å². The third-order valence-corrected chi connectivity index (χ3v) is 5.02. The molecule has 3 aromatic heterocycles. The molecule has 0 saturated heterocycles. The van der Waals surface area contributed by atoms with Crippen LogP contribution in [0.25, 0.3) is 16.3 Å². The standard InChI is InChI=1S/C15H13N3O2S/c1-20-15(19)10-5-6-13-16-17-14(18(13)8-10)12-7-9-3-2-4-11(9)21-12/h5-8H,2-4H2,1H3. The second kappa shape index (κ2) is 4.66. The van der Waals surface area contributed by atoms with Crippen LogP contribution in [0.1, 0.15) is 27.2 Å². The van der Waals surface area contributed by atoms with E-state index in [0.29, 0.717) is 5.56 Å². The molecule has 0 fully saturated rings. The zero-order chi connectivity index (χ0) is 14.4. The number of fused-ring (bicyclic) bond motifs is 2. The van der Waals surface area contributed by atoms with Gasteiger partial charge in [-0.15, -0.1) is 21.5 Å². The predicted octanol–water partition coefficient (Wildman–Crippen LogP) is 2.73. The normalized spacial score (nSPS) is 13.6. The maximum absolute atomic E-state index is 11.7. The van der Waals surface area contributed by atoms with Crippen LogP contribution in [0.5, 0.6) is 0 Å². The molecule has 0 aromatic carbocycles. The summed E-state index contributed by atoms with van der Waals surface area (Å²) in [5.74, 6) is 0.431. The SMILES string of the molecule is COC(=O)c1ccc2nnc(-c3cc4c(s3)CCC4)n2c1. The number of aromatic nitrogens is 3. The van der Waals surface area contributed by atoms with E-state index in [-0.39, 0.29) is 5.97 Å². The van der Waals surface area contributed by atoms with Gasteiger partial charge in [-0.3, -0.25) is 4.40 Å². The Morgan fingerprint density at radius 2 is 2.24 bits per heavy atom. The number of aryl methyl sites for hydroxylation is 2. The van der Waals surface area contributed by atoms with Crippen LogP contribution in [-0.2, 0) is 17.6 Å². The van der Waals surface area contributed by atoms with Crippen molar-refractivity contribution in [2.75, 3.05) is 7.11 Å². The van der Waals surface area contributed by atoms with Gasteiger partial charge in [0.2, 0.25) is 0 Å². The molecule has 0 atom stereocenters. The number of nitrogens with zero attached hydrogens (tertiary/aromatic N) is 3. The first-order chi connectivity index (χ1) is 10.3. The van der Waals surface area contributed by atoms with Crippen molar-refractivity contribution in [2.24, 2.45) is 0 Å².